The molecule has 188 valence electrons. The molecule has 0 spiro atoms. The maximum absolute atomic E-state index is 12.7. The van der Waals surface area contributed by atoms with Gasteiger partial charge in [0.1, 0.15) is 0 Å². The van der Waals surface area contributed by atoms with E-state index in [9.17, 15) is 24.4 Å². The molecule has 0 aromatic heterocycles. The second-order valence-electron chi connectivity index (χ2n) is 8.67. The van der Waals surface area contributed by atoms with Crippen molar-refractivity contribution < 1.29 is 33.9 Å². The molecule has 8 nitrogen and oxygen atoms in total. The average molecular weight is 476 g/mol. The summed E-state index contributed by atoms with van der Waals surface area (Å²) in [5.41, 5.74) is -0.582. The summed E-state index contributed by atoms with van der Waals surface area (Å²) in [5.74, 6) is -3.42. The molecular formula is C26H37NO7. The van der Waals surface area contributed by atoms with Crippen LogP contribution in [0.15, 0.2) is 12.1 Å². The molecule has 2 amide bonds. The van der Waals surface area contributed by atoms with E-state index in [1.54, 1.807) is 0 Å². The van der Waals surface area contributed by atoms with Gasteiger partial charge in [0.15, 0.2) is 0 Å². The monoisotopic (exact) mass is 475 g/mol. The molecule has 0 radical (unpaired) electrons. The van der Waals surface area contributed by atoms with Crippen molar-refractivity contribution in [2.75, 3.05) is 13.2 Å². The Hall–Kier alpha value is -2.74. The van der Waals surface area contributed by atoms with Crippen LogP contribution in [0.4, 0.5) is 0 Å². The van der Waals surface area contributed by atoms with Gasteiger partial charge < -0.3 is 9.47 Å². The van der Waals surface area contributed by atoms with Gasteiger partial charge in [0, 0.05) is 0 Å². The van der Waals surface area contributed by atoms with E-state index >= 15 is 0 Å². The second kappa shape index (κ2) is 14.5. The van der Waals surface area contributed by atoms with Crippen LogP contribution in [0.25, 0.3) is 0 Å². The summed E-state index contributed by atoms with van der Waals surface area (Å²) in [7, 11) is 0. The van der Waals surface area contributed by atoms with E-state index in [0.29, 0.717) is 12.8 Å². The molecule has 1 aromatic carbocycles. The minimum atomic E-state index is -0.947. The molecule has 0 bridgehead atoms. The highest BCUT2D eigenvalue weighted by molar-refractivity contribution is 6.22. The van der Waals surface area contributed by atoms with Crippen LogP contribution >= 0.6 is 0 Å². The second-order valence-corrected chi connectivity index (χ2v) is 8.67. The summed E-state index contributed by atoms with van der Waals surface area (Å²) < 4.78 is 10.7. The Morgan fingerprint density at radius 2 is 1.03 bits per heavy atom. The number of amides is 2. The van der Waals surface area contributed by atoms with Crippen molar-refractivity contribution in [3.05, 3.63) is 34.4 Å². The largest absolute Gasteiger partial charge is 0.462 e. The van der Waals surface area contributed by atoms with E-state index in [0.717, 1.165) is 63.5 Å². The van der Waals surface area contributed by atoms with E-state index in [4.69, 9.17) is 9.47 Å². The number of hydrogen-bond acceptors (Lipinski definition) is 7. The molecule has 0 aliphatic carbocycles. The molecule has 1 aliphatic rings. The van der Waals surface area contributed by atoms with Crippen molar-refractivity contribution in [3.63, 3.8) is 0 Å². The van der Waals surface area contributed by atoms with Crippen molar-refractivity contribution in [1.82, 2.24) is 5.06 Å². The van der Waals surface area contributed by atoms with Crippen molar-refractivity contribution in [2.45, 2.75) is 90.9 Å². The van der Waals surface area contributed by atoms with Gasteiger partial charge in [0.05, 0.1) is 35.5 Å². The Labute approximate surface area is 201 Å². The zero-order chi connectivity index (χ0) is 24.9. The van der Waals surface area contributed by atoms with E-state index in [1.807, 2.05) is 0 Å². The highest BCUT2D eigenvalue weighted by Gasteiger charge is 2.38. The molecule has 1 aromatic rings. The zero-order valence-electron chi connectivity index (χ0n) is 20.4. The number of carbonyl (C=O) groups excluding carboxylic acids is 4. The van der Waals surface area contributed by atoms with E-state index < -0.39 is 23.8 Å². The Morgan fingerprint density at radius 1 is 0.676 bits per heavy atom. The summed E-state index contributed by atoms with van der Waals surface area (Å²) in [6, 6.07) is 2.27. The fourth-order valence-electron chi connectivity index (χ4n) is 3.86. The number of imide groups is 1. The van der Waals surface area contributed by atoms with Gasteiger partial charge in [-0.1, -0.05) is 78.1 Å². The number of rotatable bonds is 16. The molecule has 0 atom stereocenters. The third-order valence-corrected chi connectivity index (χ3v) is 5.91. The first-order valence-corrected chi connectivity index (χ1v) is 12.5. The predicted octanol–water partition coefficient (Wildman–Crippen LogP) is 5.71. The maximum Gasteiger partial charge on any atom is 0.339 e. The van der Waals surface area contributed by atoms with Crippen LogP contribution in [0.5, 0.6) is 0 Å². The van der Waals surface area contributed by atoms with E-state index in [1.165, 1.54) is 12.8 Å². The molecule has 1 aliphatic heterocycles. The third-order valence-electron chi connectivity index (χ3n) is 5.91. The topological polar surface area (TPSA) is 110 Å². The quantitative estimate of drug-likeness (QED) is 0.141. The predicted molar refractivity (Wildman–Crippen MR) is 126 cm³/mol. The van der Waals surface area contributed by atoms with Crippen LogP contribution in [-0.4, -0.2) is 47.2 Å². The minimum Gasteiger partial charge on any atom is -0.462 e. The Kier molecular flexibility index (Phi) is 11.7. The zero-order valence-corrected chi connectivity index (χ0v) is 20.4. The van der Waals surface area contributed by atoms with Crippen LogP contribution < -0.4 is 0 Å². The Bertz CT molecular complexity index is 796. The van der Waals surface area contributed by atoms with Crippen molar-refractivity contribution in [2.24, 2.45) is 0 Å². The summed E-state index contributed by atoms with van der Waals surface area (Å²) in [6.07, 6.45) is 12.3. The lowest BCUT2D eigenvalue weighted by molar-refractivity contribution is -0.0327. The Balaban J connectivity index is 2.05. The number of hydroxylamine groups is 2. The minimum absolute atomic E-state index is 0.0263. The lowest BCUT2D eigenvalue weighted by atomic mass is 9.99. The number of nitrogens with zero attached hydrogens (tertiary/aromatic N) is 1. The van der Waals surface area contributed by atoms with Gasteiger partial charge >= 0.3 is 11.9 Å². The van der Waals surface area contributed by atoms with Gasteiger partial charge in [-0.3, -0.25) is 14.8 Å². The number of carbonyl (C=O) groups is 4. The standard InChI is InChI=1S/C26H37NO7/c1-3-5-7-9-11-13-15-33-25(30)21-17-19-20(24(29)27(32)23(19)28)18-22(21)26(31)34-16-14-12-10-8-6-4-2/h17-18,32H,3-16H2,1-2H3. The summed E-state index contributed by atoms with van der Waals surface area (Å²) >= 11 is 0. The lowest BCUT2D eigenvalue weighted by Gasteiger charge is -2.11. The van der Waals surface area contributed by atoms with Gasteiger partial charge in [-0.25, -0.2) is 9.59 Å². The number of ether oxygens (including phenoxy) is 2. The van der Waals surface area contributed by atoms with Gasteiger partial charge in [0.2, 0.25) is 0 Å². The molecule has 34 heavy (non-hydrogen) atoms. The van der Waals surface area contributed by atoms with Gasteiger partial charge in [-0.15, -0.1) is 5.06 Å². The maximum atomic E-state index is 12.7. The molecule has 0 saturated heterocycles. The lowest BCUT2D eigenvalue weighted by Crippen LogP contribution is -2.25. The van der Waals surface area contributed by atoms with Crippen molar-refractivity contribution in [3.8, 4) is 0 Å². The first-order valence-electron chi connectivity index (χ1n) is 12.5. The normalized spacial score (nSPS) is 12.7. The number of esters is 2. The smallest absolute Gasteiger partial charge is 0.339 e. The van der Waals surface area contributed by atoms with Crippen LogP contribution in [-0.2, 0) is 9.47 Å². The van der Waals surface area contributed by atoms with Gasteiger partial charge in [-0.05, 0) is 25.0 Å². The fourth-order valence-corrected chi connectivity index (χ4v) is 3.86. The number of benzene rings is 1. The van der Waals surface area contributed by atoms with Crippen LogP contribution in [0.3, 0.4) is 0 Å². The highest BCUT2D eigenvalue weighted by Crippen LogP contribution is 2.27. The van der Waals surface area contributed by atoms with E-state index in [-0.39, 0.29) is 40.5 Å². The Morgan fingerprint density at radius 3 is 1.41 bits per heavy atom. The molecule has 2 rings (SSSR count). The van der Waals surface area contributed by atoms with E-state index in [2.05, 4.69) is 13.8 Å². The van der Waals surface area contributed by atoms with Crippen molar-refractivity contribution >= 4 is 23.8 Å². The first-order chi connectivity index (χ1) is 16.4. The van der Waals surface area contributed by atoms with Gasteiger partial charge in [0.25, 0.3) is 11.8 Å². The number of hydrogen-bond donors (Lipinski definition) is 1. The average Bonchev–Trinajstić information content (AvgIpc) is 3.05. The summed E-state index contributed by atoms with van der Waals surface area (Å²) in [6.45, 7) is 4.66. The van der Waals surface area contributed by atoms with Gasteiger partial charge in [-0.2, -0.15) is 0 Å². The summed E-state index contributed by atoms with van der Waals surface area (Å²) in [5, 5.41) is 9.65. The van der Waals surface area contributed by atoms with Crippen LogP contribution in [0.1, 0.15) is 132 Å². The molecule has 1 N–H and O–H groups in total. The SMILES string of the molecule is CCCCCCCCOC(=O)c1cc2c(cc1C(=O)OCCCCCCCC)C(=O)N(O)C2=O. The molecule has 1 heterocycles. The summed E-state index contributed by atoms with van der Waals surface area (Å²) in [4.78, 5) is 49.8. The first kappa shape index (κ1) is 27.5. The number of fused-ring (bicyclic) bond motifs is 1. The fraction of sp³-hybridized carbons (Fsp3) is 0.615. The third kappa shape index (κ3) is 7.65. The molecular weight excluding hydrogens is 438 g/mol. The molecule has 8 heteroatoms. The molecule has 0 fully saturated rings. The molecule has 0 saturated carbocycles. The van der Waals surface area contributed by atoms with Crippen LogP contribution in [0, 0.1) is 0 Å². The highest BCUT2D eigenvalue weighted by atomic mass is 16.5. The van der Waals surface area contributed by atoms with Crippen molar-refractivity contribution in [1.29, 1.82) is 0 Å². The van der Waals surface area contributed by atoms with Crippen LogP contribution in [0.2, 0.25) is 0 Å². The number of unbranched alkanes of at least 4 members (excludes halogenated alkanes) is 10. The molecule has 0 unspecified atom stereocenters.